The van der Waals surface area contributed by atoms with Gasteiger partial charge in [-0.2, -0.15) is 0 Å². The van der Waals surface area contributed by atoms with Crippen LogP contribution in [-0.4, -0.2) is 25.3 Å². The number of carbonyl (C=O) groups excluding carboxylic acids is 1. The lowest BCUT2D eigenvalue weighted by atomic mass is 10.0. The minimum Gasteiger partial charge on any atom is -0.507 e. The van der Waals surface area contributed by atoms with Crippen LogP contribution in [0.4, 0.5) is 0 Å². The van der Waals surface area contributed by atoms with Crippen molar-refractivity contribution < 1.29 is 19.4 Å². The van der Waals surface area contributed by atoms with E-state index in [0.717, 1.165) is 5.39 Å². The summed E-state index contributed by atoms with van der Waals surface area (Å²) in [6.07, 6.45) is 0. The third kappa shape index (κ3) is 1.89. The molecule has 0 unspecified atom stereocenters. The molecule has 2 aromatic rings. The molecule has 0 saturated heterocycles. The van der Waals surface area contributed by atoms with Crippen molar-refractivity contribution in [3.63, 3.8) is 0 Å². The Hall–Kier alpha value is -2.23. The second kappa shape index (κ2) is 4.33. The highest BCUT2D eigenvalue weighted by Crippen LogP contribution is 2.34. The molecule has 0 aliphatic rings. The van der Waals surface area contributed by atoms with E-state index in [-0.39, 0.29) is 5.75 Å². The number of benzene rings is 2. The fourth-order valence-corrected chi connectivity index (χ4v) is 1.77. The lowest BCUT2D eigenvalue weighted by Gasteiger charge is -2.09. The van der Waals surface area contributed by atoms with Crippen LogP contribution in [0.5, 0.6) is 11.5 Å². The molecule has 0 aliphatic carbocycles. The van der Waals surface area contributed by atoms with Crippen LogP contribution >= 0.6 is 0 Å². The molecule has 88 valence electrons. The standard InChI is InChI=1S/C13H12O4/c1-16-11-7-9(13(15)17-2)6-8-4-3-5-10(14)12(8)11/h3-7,14H,1-2H3. The average Bonchev–Trinajstić information content (AvgIpc) is 2.36. The Labute approximate surface area is 98.4 Å². The first-order valence-corrected chi connectivity index (χ1v) is 5.05. The Balaban J connectivity index is 2.75. The largest absolute Gasteiger partial charge is 0.507 e. The fraction of sp³-hybridized carbons (Fsp3) is 0.154. The summed E-state index contributed by atoms with van der Waals surface area (Å²) >= 11 is 0. The van der Waals surface area contributed by atoms with Crippen molar-refractivity contribution in [2.45, 2.75) is 0 Å². The Bertz CT molecular complexity index is 575. The maximum absolute atomic E-state index is 11.5. The Morgan fingerprint density at radius 1 is 1.24 bits per heavy atom. The molecule has 0 heterocycles. The number of esters is 1. The molecule has 4 nitrogen and oxygen atoms in total. The van der Waals surface area contributed by atoms with E-state index in [2.05, 4.69) is 4.74 Å². The van der Waals surface area contributed by atoms with Gasteiger partial charge >= 0.3 is 5.97 Å². The highest BCUT2D eigenvalue weighted by Gasteiger charge is 2.13. The van der Waals surface area contributed by atoms with Gasteiger partial charge in [0.05, 0.1) is 25.2 Å². The SMILES string of the molecule is COC(=O)c1cc(OC)c2c(O)cccc2c1. The Kier molecular flexibility index (Phi) is 2.87. The van der Waals surface area contributed by atoms with Crippen LogP contribution in [0.1, 0.15) is 10.4 Å². The van der Waals surface area contributed by atoms with Crippen molar-refractivity contribution >= 4 is 16.7 Å². The lowest BCUT2D eigenvalue weighted by Crippen LogP contribution is -2.01. The van der Waals surface area contributed by atoms with E-state index in [1.54, 1.807) is 30.3 Å². The van der Waals surface area contributed by atoms with Crippen LogP contribution in [0.3, 0.4) is 0 Å². The van der Waals surface area contributed by atoms with E-state index < -0.39 is 5.97 Å². The fourth-order valence-electron chi connectivity index (χ4n) is 1.77. The van der Waals surface area contributed by atoms with Crippen molar-refractivity contribution in [2.75, 3.05) is 14.2 Å². The van der Waals surface area contributed by atoms with E-state index in [0.29, 0.717) is 16.7 Å². The molecule has 0 aliphatic heterocycles. The van der Waals surface area contributed by atoms with Gasteiger partial charge in [-0.1, -0.05) is 12.1 Å². The first-order chi connectivity index (χ1) is 8.17. The zero-order chi connectivity index (χ0) is 12.4. The summed E-state index contributed by atoms with van der Waals surface area (Å²) in [5.74, 6) is 0.130. The molecule has 0 radical (unpaired) electrons. The van der Waals surface area contributed by atoms with Crippen molar-refractivity contribution in [1.29, 1.82) is 0 Å². The van der Waals surface area contributed by atoms with Gasteiger partial charge in [0.1, 0.15) is 11.5 Å². The molecule has 0 atom stereocenters. The minimum absolute atomic E-state index is 0.121. The van der Waals surface area contributed by atoms with Gasteiger partial charge in [0.25, 0.3) is 0 Å². The highest BCUT2D eigenvalue weighted by atomic mass is 16.5. The predicted molar refractivity (Wildman–Crippen MR) is 63.5 cm³/mol. The number of methoxy groups -OCH3 is 2. The van der Waals surface area contributed by atoms with E-state index >= 15 is 0 Å². The molecular formula is C13H12O4. The van der Waals surface area contributed by atoms with Gasteiger partial charge in [-0.3, -0.25) is 0 Å². The van der Waals surface area contributed by atoms with Gasteiger partial charge in [0.15, 0.2) is 0 Å². The third-order valence-electron chi connectivity index (χ3n) is 2.56. The number of aromatic hydroxyl groups is 1. The van der Waals surface area contributed by atoms with Crippen molar-refractivity contribution in [3.05, 3.63) is 35.9 Å². The summed E-state index contributed by atoms with van der Waals surface area (Å²) in [5, 5.41) is 11.1. The summed E-state index contributed by atoms with van der Waals surface area (Å²) in [6.45, 7) is 0. The van der Waals surface area contributed by atoms with E-state index in [4.69, 9.17) is 4.74 Å². The van der Waals surface area contributed by atoms with Crippen LogP contribution in [0.25, 0.3) is 10.8 Å². The summed E-state index contributed by atoms with van der Waals surface area (Å²) < 4.78 is 9.83. The number of fused-ring (bicyclic) bond motifs is 1. The minimum atomic E-state index is -0.437. The van der Waals surface area contributed by atoms with Gasteiger partial charge in [0, 0.05) is 0 Å². The lowest BCUT2D eigenvalue weighted by molar-refractivity contribution is 0.0600. The van der Waals surface area contributed by atoms with Gasteiger partial charge < -0.3 is 14.6 Å². The van der Waals surface area contributed by atoms with Crippen LogP contribution < -0.4 is 4.74 Å². The number of phenols is 1. The maximum Gasteiger partial charge on any atom is 0.338 e. The summed E-state index contributed by atoms with van der Waals surface area (Å²) in [7, 11) is 2.81. The first kappa shape index (κ1) is 11.3. The normalized spacial score (nSPS) is 10.2. The number of carbonyl (C=O) groups is 1. The molecule has 0 amide bonds. The summed E-state index contributed by atoms with van der Waals surface area (Å²) in [4.78, 5) is 11.5. The predicted octanol–water partition coefficient (Wildman–Crippen LogP) is 2.34. The molecule has 0 bridgehead atoms. The highest BCUT2D eigenvalue weighted by molar-refractivity contribution is 6.00. The zero-order valence-electron chi connectivity index (χ0n) is 9.56. The van der Waals surface area contributed by atoms with E-state index in [9.17, 15) is 9.90 Å². The van der Waals surface area contributed by atoms with Crippen molar-refractivity contribution in [1.82, 2.24) is 0 Å². The zero-order valence-corrected chi connectivity index (χ0v) is 9.56. The molecule has 2 aromatic carbocycles. The third-order valence-corrected chi connectivity index (χ3v) is 2.56. The van der Waals surface area contributed by atoms with Crippen LogP contribution in [0.2, 0.25) is 0 Å². The first-order valence-electron chi connectivity index (χ1n) is 5.05. The summed E-state index contributed by atoms with van der Waals surface area (Å²) in [5.41, 5.74) is 0.391. The number of phenolic OH excluding ortho intramolecular Hbond substituents is 1. The second-order valence-corrected chi connectivity index (χ2v) is 3.55. The molecule has 17 heavy (non-hydrogen) atoms. The topological polar surface area (TPSA) is 55.8 Å². The van der Waals surface area contributed by atoms with Gasteiger partial charge in [-0.05, 0) is 23.6 Å². The number of hydrogen-bond donors (Lipinski definition) is 1. The summed E-state index contributed by atoms with van der Waals surface area (Å²) in [6, 6.07) is 8.28. The number of hydrogen-bond acceptors (Lipinski definition) is 4. The van der Waals surface area contributed by atoms with Gasteiger partial charge in [-0.25, -0.2) is 4.79 Å². The Morgan fingerprint density at radius 3 is 2.65 bits per heavy atom. The second-order valence-electron chi connectivity index (χ2n) is 3.55. The molecule has 2 rings (SSSR count). The number of rotatable bonds is 2. The molecule has 1 N–H and O–H groups in total. The molecular weight excluding hydrogens is 220 g/mol. The van der Waals surface area contributed by atoms with E-state index in [1.165, 1.54) is 14.2 Å². The number of ether oxygens (including phenoxy) is 2. The van der Waals surface area contributed by atoms with Crippen LogP contribution in [0.15, 0.2) is 30.3 Å². The monoisotopic (exact) mass is 232 g/mol. The molecule has 0 spiro atoms. The molecule has 4 heteroatoms. The van der Waals surface area contributed by atoms with E-state index in [1.807, 2.05) is 0 Å². The smallest absolute Gasteiger partial charge is 0.338 e. The molecule has 0 saturated carbocycles. The maximum atomic E-state index is 11.5. The van der Waals surface area contributed by atoms with Crippen molar-refractivity contribution in [2.24, 2.45) is 0 Å². The van der Waals surface area contributed by atoms with Gasteiger partial charge in [-0.15, -0.1) is 0 Å². The van der Waals surface area contributed by atoms with Gasteiger partial charge in [0.2, 0.25) is 0 Å². The molecule has 0 fully saturated rings. The quantitative estimate of drug-likeness (QED) is 0.807. The van der Waals surface area contributed by atoms with Crippen molar-refractivity contribution in [3.8, 4) is 11.5 Å². The Morgan fingerprint density at radius 2 is 2.00 bits per heavy atom. The average molecular weight is 232 g/mol. The van der Waals surface area contributed by atoms with Crippen LogP contribution in [0, 0.1) is 0 Å². The molecule has 0 aromatic heterocycles. The van der Waals surface area contributed by atoms with Crippen LogP contribution in [-0.2, 0) is 4.74 Å².